The zero-order chi connectivity index (χ0) is 14.1. The van der Waals surface area contributed by atoms with E-state index in [1.165, 1.54) is 29.5 Å². The van der Waals surface area contributed by atoms with Crippen LogP contribution in [0.4, 0.5) is 10.1 Å². The Hall–Kier alpha value is -2.21. The lowest BCUT2D eigenvalue weighted by atomic mass is 10.3. The number of nitrogens with zero attached hydrogens (tertiary/aromatic N) is 2. The minimum atomic E-state index is -0.276. The van der Waals surface area contributed by atoms with Gasteiger partial charge < -0.3 is 5.32 Å². The molecule has 0 bridgehead atoms. The van der Waals surface area contributed by atoms with Crippen LogP contribution >= 0.6 is 11.3 Å². The van der Waals surface area contributed by atoms with Crippen molar-refractivity contribution in [3.63, 3.8) is 0 Å². The highest BCUT2D eigenvalue weighted by atomic mass is 32.1. The van der Waals surface area contributed by atoms with Gasteiger partial charge in [0.1, 0.15) is 5.82 Å². The molecule has 102 valence electrons. The van der Waals surface area contributed by atoms with Gasteiger partial charge in [0.05, 0.1) is 12.2 Å². The summed E-state index contributed by atoms with van der Waals surface area (Å²) in [5.41, 5.74) is 2.27. The van der Waals surface area contributed by atoms with E-state index in [1.807, 2.05) is 12.3 Å². The number of rotatable bonds is 3. The first kappa shape index (κ1) is 12.8. The third-order valence-electron chi connectivity index (χ3n) is 2.95. The third-order valence-corrected chi connectivity index (χ3v) is 3.89. The van der Waals surface area contributed by atoms with Gasteiger partial charge >= 0.3 is 0 Å². The van der Waals surface area contributed by atoms with Crippen molar-refractivity contribution in [3.05, 3.63) is 63.3 Å². The van der Waals surface area contributed by atoms with Crippen LogP contribution in [0.3, 0.4) is 0 Å². The van der Waals surface area contributed by atoms with E-state index in [1.54, 1.807) is 16.5 Å². The molecule has 2 aromatic heterocycles. The fourth-order valence-electron chi connectivity index (χ4n) is 1.95. The summed E-state index contributed by atoms with van der Waals surface area (Å²) in [5.74, 6) is -0.276. The molecule has 0 atom stereocenters. The number of fused-ring (bicyclic) bond motifs is 1. The van der Waals surface area contributed by atoms with Crippen LogP contribution in [0.25, 0.3) is 4.96 Å². The number of hydrogen-bond acceptors (Lipinski definition) is 4. The van der Waals surface area contributed by atoms with E-state index < -0.39 is 0 Å². The number of halogens is 1. The van der Waals surface area contributed by atoms with Crippen molar-refractivity contribution in [1.29, 1.82) is 0 Å². The molecule has 3 aromatic rings. The lowest BCUT2D eigenvalue weighted by Crippen LogP contribution is -2.16. The highest BCUT2D eigenvalue weighted by Gasteiger charge is 2.06. The molecule has 20 heavy (non-hydrogen) atoms. The number of aryl methyl sites for hydroxylation is 1. The molecule has 0 spiro atoms. The van der Waals surface area contributed by atoms with E-state index in [0.29, 0.717) is 17.2 Å². The Labute approximate surface area is 118 Å². The highest BCUT2D eigenvalue weighted by molar-refractivity contribution is 7.15. The molecule has 1 aromatic carbocycles. The van der Waals surface area contributed by atoms with E-state index in [9.17, 15) is 9.18 Å². The molecule has 0 aliphatic rings. The molecule has 6 heteroatoms. The molecular formula is C14H12FN3OS. The van der Waals surface area contributed by atoms with Crippen LogP contribution in [0, 0.1) is 12.7 Å². The Kier molecular flexibility index (Phi) is 3.23. The first-order valence-electron chi connectivity index (χ1n) is 6.10. The van der Waals surface area contributed by atoms with Crippen LogP contribution in [0.15, 0.2) is 40.5 Å². The minimum absolute atomic E-state index is 0.0790. The Morgan fingerprint density at radius 3 is 2.85 bits per heavy atom. The second kappa shape index (κ2) is 5.05. The summed E-state index contributed by atoms with van der Waals surface area (Å²) in [7, 11) is 0. The van der Waals surface area contributed by atoms with Gasteiger partial charge in [-0.2, -0.15) is 0 Å². The molecule has 0 fully saturated rings. The van der Waals surface area contributed by atoms with E-state index in [0.717, 1.165) is 11.4 Å². The maximum Gasteiger partial charge on any atom is 0.259 e. The van der Waals surface area contributed by atoms with Gasteiger partial charge in [-0.3, -0.25) is 9.20 Å². The fourth-order valence-corrected chi connectivity index (χ4v) is 2.84. The van der Waals surface area contributed by atoms with E-state index in [4.69, 9.17) is 0 Å². The smallest absolute Gasteiger partial charge is 0.259 e. The van der Waals surface area contributed by atoms with Gasteiger partial charge in [0.25, 0.3) is 5.56 Å². The first-order chi connectivity index (χ1) is 9.63. The van der Waals surface area contributed by atoms with Crippen molar-refractivity contribution in [2.24, 2.45) is 0 Å². The zero-order valence-corrected chi connectivity index (χ0v) is 11.6. The summed E-state index contributed by atoms with van der Waals surface area (Å²) < 4.78 is 14.4. The normalized spacial score (nSPS) is 10.9. The van der Waals surface area contributed by atoms with Crippen molar-refractivity contribution >= 4 is 22.0 Å². The fraction of sp³-hybridized carbons (Fsp3) is 0.143. The number of benzene rings is 1. The minimum Gasteiger partial charge on any atom is -0.379 e. The summed E-state index contributed by atoms with van der Waals surface area (Å²) in [6.45, 7) is 2.30. The zero-order valence-electron chi connectivity index (χ0n) is 10.8. The van der Waals surface area contributed by atoms with Crippen molar-refractivity contribution < 1.29 is 4.39 Å². The van der Waals surface area contributed by atoms with Crippen LogP contribution in [-0.2, 0) is 6.54 Å². The lowest BCUT2D eigenvalue weighted by molar-refractivity contribution is 0.628. The second-order valence-corrected chi connectivity index (χ2v) is 5.28. The maximum absolute atomic E-state index is 12.8. The maximum atomic E-state index is 12.8. The Bertz CT molecular complexity index is 807. The van der Waals surface area contributed by atoms with Crippen LogP contribution in [0.2, 0.25) is 0 Å². The average molecular weight is 289 g/mol. The van der Waals surface area contributed by atoms with Gasteiger partial charge in [0, 0.05) is 22.8 Å². The number of nitrogens with one attached hydrogen (secondary N) is 1. The molecule has 0 radical (unpaired) electrons. The largest absolute Gasteiger partial charge is 0.379 e. The van der Waals surface area contributed by atoms with Crippen molar-refractivity contribution in [3.8, 4) is 0 Å². The summed E-state index contributed by atoms with van der Waals surface area (Å²) in [5, 5.41) is 5.02. The SMILES string of the molecule is Cc1csc2nc(CNc3ccc(F)cc3)cc(=O)n12. The van der Waals surface area contributed by atoms with E-state index in [2.05, 4.69) is 10.3 Å². The molecule has 2 heterocycles. The van der Waals surface area contributed by atoms with Crippen LogP contribution in [-0.4, -0.2) is 9.38 Å². The van der Waals surface area contributed by atoms with E-state index in [-0.39, 0.29) is 11.4 Å². The molecule has 0 unspecified atom stereocenters. The van der Waals surface area contributed by atoms with Gasteiger partial charge in [-0.05, 0) is 31.2 Å². The topological polar surface area (TPSA) is 46.4 Å². The summed E-state index contributed by atoms with van der Waals surface area (Å²) >= 11 is 1.44. The Morgan fingerprint density at radius 2 is 2.10 bits per heavy atom. The van der Waals surface area contributed by atoms with Gasteiger partial charge in [-0.1, -0.05) is 0 Å². The highest BCUT2D eigenvalue weighted by Crippen LogP contribution is 2.13. The Morgan fingerprint density at radius 1 is 1.35 bits per heavy atom. The van der Waals surface area contributed by atoms with Crippen molar-refractivity contribution in [2.75, 3.05) is 5.32 Å². The molecule has 0 saturated heterocycles. The molecule has 3 rings (SSSR count). The monoisotopic (exact) mass is 289 g/mol. The molecule has 0 amide bonds. The average Bonchev–Trinajstić information content (AvgIpc) is 2.80. The Balaban J connectivity index is 1.84. The van der Waals surface area contributed by atoms with Gasteiger partial charge in [0.15, 0.2) is 4.96 Å². The molecule has 4 nitrogen and oxygen atoms in total. The van der Waals surface area contributed by atoms with E-state index >= 15 is 0 Å². The van der Waals surface area contributed by atoms with Gasteiger partial charge in [-0.15, -0.1) is 11.3 Å². The third kappa shape index (κ3) is 2.42. The van der Waals surface area contributed by atoms with Gasteiger partial charge in [0.2, 0.25) is 0 Å². The van der Waals surface area contributed by atoms with Crippen molar-refractivity contribution in [1.82, 2.24) is 9.38 Å². The summed E-state index contributed by atoms with van der Waals surface area (Å²) in [6, 6.07) is 7.59. The lowest BCUT2D eigenvalue weighted by Gasteiger charge is -2.06. The summed E-state index contributed by atoms with van der Waals surface area (Å²) in [4.78, 5) is 17.1. The molecule has 1 N–H and O–H groups in total. The predicted octanol–water partition coefficient (Wildman–Crippen LogP) is 2.82. The second-order valence-electron chi connectivity index (χ2n) is 4.44. The summed E-state index contributed by atoms with van der Waals surface area (Å²) in [6.07, 6.45) is 0. The van der Waals surface area contributed by atoms with Crippen LogP contribution in [0.5, 0.6) is 0 Å². The van der Waals surface area contributed by atoms with Crippen LogP contribution < -0.4 is 10.9 Å². The predicted molar refractivity (Wildman–Crippen MR) is 77.8 cm³/mol. The molecule has 0 saturated carbocycles. The number of hydrogen-bond donors (Lipinski definition) is 1. The first-order valence-corrected chi connectivity index (χ1v) is 6.98. The van der Waals surface area contributed by atoms with Gasteiger partial charge in [-0.25, -0.2) is 9.37 Å². The standard InChI is InChI=1S/C14H12FN3OS/c1-9-8-20-14-17-12(6-13(19)18(9)14)7-16-11-4-2-10(15)3-5-11/h2-6,8,16H,7H2,1H3. The molecule has 0 aliphatic carbocycles. The number of anilines is 1. The molecule has 0 aliphatic heterocycles. The number of aromatic nitrogens is 2. The van der Waals surface area contributed by atoms with Crippen LogP contribution in [0.1, 0.15) is 11.4 Å². The van der Waals surface area contributed by atoms with Crippen molar-refractivity contribution in [2.45, 2.75) is 13.5 Å². The molecular weight excluding hydrogens is 277 g/mol. The quantitative estimate of drug-likeness (QED) is 0.806. The number of thiazole rings is 1.